The molecule has 5 heteroatoms. The van der Waals surface area contributed by atoms with Gasteiger partial charge in [-0.15, -0.1) is 0 Å². The standard InChI is InChI=1S/C12H12BrFINO/c13-6-12(3-4-12)7-16-11(17)9-2-1-8(14)5-10(9)15/h1-2,5H,3-4,6-7H2,(H,16,17). The van der Waals surface area contributed by atoms with Gasteiger partial charge < -0.3 is 5.32 Å². The van der Waals surface area contributed by atoms with E-state index in [0.717, 1.165) is 18.2 Å². The minimum absolute atomic E-state index is 0.123. The Morgan fingerprint density at radius 1 is 1.53 bits per heavy atom. The maximum Gasteiger partial charge on any atom is 0.252 e. The van der Waals surface area contributed by atoms with E-state index in [4.69, 9.17) is 0 Å². The zero-order valence-corrected chi connectivity index (χ0v) is 12.8. The summed E-state index contributed by atoms with van der Waals surface area (Å²) in [5.74, 6) is -0.438. The van der Waals surface area contributed by atoms with Crippen molar-refractivity contribution in [1.82, 2.24) is 5.32 Å². The second-order valence-electron chi connectivity index (χ2n) is 4.44. The van der Waals surface area contributed by atoms with Gasteiger partial charge in [0.15, 0.2) is 0 Å². The molecule has 92 valence electrons. The van der Waals surface area contributed by atoms with E-state index in [9.17, 15) is 9.18 Å². The fourth-order valence-corrected chi connectivity index (χ4v) is 3.05. The first-order valence-electron chi connectivity index (χ1n) is 5.36. The van der Waals surface area contributed by atoms with E-state index in [-0.39, 0.29) is 17.1 Å². The van der Waals surface area contributed by atoms with E-state index in [0.29, 0.717) is 15.7 Å². The van der Waals surface area contributed by atoms with Crippen molar-refractivity contribution < 1.29 is 9.18 Å². The quantitative estimate of drug-likeness (QED) is 0.597. The molecule has 1 aliphatic carbocycles. The van der Waals surface area contributed by atoms with Crippen LogP contribution in [0.1, 0.15) is 23.2 Å². The monoisotopic (exact) mass is 411 g/mol. The van der Waals surface area contributed by atoms with Gasteiger partial charge in [-0.25, -0.2) is 4.39 Å². The molecule has 1 N–H and O–H groups in total. The highest BCUT2D eigenvalue weighted by Gasteiger charge is 2.41. The van der Waals surface area contributed by atoms with Crippen LogP contribution >= 0.6 is 38.5 Å². The average molecular weight is 412 g/mol. The number of nitrogens with one attached hydrogen (secondary N) is 1. The van der Waals surface area contributed by atoms with Gasteiger partial charge in [0.25, 0.3) is 5.91 Å². The Bertz CT molecular complexity index is 448. The molecule has 0 spiro atoms. The van der Waals surface area contributed by atoms with Gasteiger partial charge in [-0.1, -0.05) is 15.9 Å². The summed E-state index contributed by atoms with van der Waals surface area (Å²) >= 11 is 5.44. The lowest BCUT2D eigenvalue weighted by Gasteiger charge is -2.13. The summed E-state index contributed by atoms with van der Waals surface area (Å²) in [4.78, 5) is 11.9. The van der Waals surface area contributed by atoms with E-state index in [1.54, 1.807) is 0 Å². The molecule has 0 aromatic heterocycles. The van der Waals surface area contributed by atoms with E-state index in [1.165, 1.54) is 18.2 Å². The lowest BCUT2D eigenvalue weighted by atomic mass is 10.1. The van der Waals surface area contributed by atoms with Gasteiger partial charge in [0.05, 0.1) is 5.56 Å². The number of rotatable bonds is 4. The zero-order valence-electron chi connectivity index (χ0n) is 9.10. The van der Waals surface area contributed by atoms with Crippen LogP contribution in [0.3, 0.4) is 0 Å². The molecule has 1 aromatic carbocycles. The Hall–Kier alpha value is -0.170. The molecule has 0 radical (unpaired) electrons. The number of carbonyl (C=O) groups excluding carboxylic acids is 1. The third-order valence-corrected chi connectivity index (χ3v) is 5.12. The van der Waals surface area contributed by atoms with Crippen molar-refractivity contribution in [2.45, 2.75) is 12.8 Å². The summed E-state index contributed by atoms with van der Waals surface area (Å²) in [7, 11) is 0. The molecule has 2 rings (SSSR count). The van der Waals surface area contributed by atoms with Crippen molar-refractivity contribution in [2.75, 3.05) is 11.9 Å². The van der Waals surface area contributed by atoms with Gasteiger partial charge in [0.1, 0.15) is 5.82 Å². The predicted octanol–water partition coefficient (Wildman–Crippen LogP) is 3.34. The van der Waals surface area contributed by atoms with Crippen molar-refractivity contribution in [2.24, 2.45) is 5.41 Å². The Balaban J connectivity index is 2.00. The number of amides is 1. The zero-order chi connectivity index (χ0) is 12.5. The molecule has 0 bridgehead atoms. The van der Waals surface area contributed by atoms with E-state index < -0.39 is 0 Å². The van der Waals surface area contributed by atoms with Crippen LogP contribution < -0.4 is 5.32 Å². The lowest BCUT2D eigenvalue weighted by Crippen LogP contribution is -2.31. The summed E-state index contributed by atoms with van der Waals surface area (Å²) in [6.45, 7) is 0.685. The Morgan fingerprint density at radius 2 is 2.24 bits per heavy atom. The summed E-state index contributed by atoms with van der Waals surface area (Å²) in [5.41, 5.74) is 0.790. The second-order valence-corrected chi connectivity index (χ2v) is 6.16. The minimum atomic E-state index is -0.315. The molecule has 2 nitrogen and oxygen atoms in total. The molecule has 0 saturated heterocycles. The van der Waals surface area contributed by atoms with Crippen molar-refractivity contribution in [3.05, 3.63) is 33.1 Å². The summed E-state index contributed by atoms with van der Waals surface area (Å²) in [6, 6.07) is 4.21. The molecule has 1 aliphatic rings. The fraction of sp³-hybridized carbons (Fsp3) is 0.417. The second kappa shape index (κ2) is 5.22. The molecule has 0 aliphatic heterocycles. The summed E-state index contributed by atoms with van der Waals surface area (Å²) in [6.07, 6.45) is 2.30. The van der Waals surface area contributed by atoms with E-state index in [2.05, 4.69) is 21.2 Å². The molecule has 1 fully saturated rings. The highest BCUT2D eigenvalue weighted by molar-refractivity contribution is 14.1. The molecule has 1 saturated carbocycles. The van der Waals surface area contributed by atoms with Gasteiger partial charge in [-0.2, -0.15) is 0 Å². The molecule has 0 heterocycles. The molecular formula is C12H12BrFINO. The molecule has 0 atom stereocenters. The Kier molecular flexibility index (Phi) is 4.07. The molecular weight excluding hydrogens is 400 g/mol. The topological polar surface area (TPSA) is 29.1 Å². The highest BCUT2D eigenvalue weighted by atomic mass is 127. The first kappa shape index (κ1) is 13.3. The molecule has 0 unspecified atom stereocenters. The number of alkyl halides is 1. The van der Waals surface area contributed by atoms with Gasteiger partial charge >= 0.3 is 0 Å². The third kappa shape index (κ3) is 3.19. The number of benzene rings is 1. The first-order chi connectivity index (χ1) is 8.06. The van der Waals surface area contributed by atoms with Crippen molar-refractivity contribution in [3.63, 3.8) is 0 Å². The van der Waals surface area contributed by atoms with Gasteiger partial charge in [-0.3, -0.25) is 4.79 Å². The van der Waals surface area contributed by atoms with Crippen LogP contribution in [0.2, 0.25) is 0 Å². The maximum absolute atomic E-state index is 12.9. The predicted molar refractivity (Wildman–Crippen MR) is 76.9 cm³/mol. The van der Waals surface area contributed by atoms with Gasteiger partial charge in [0.2, 0.25) is 0 Å². The molecule has 17 heavy (non-hydrogen) atoms. The smallest absolute Gasteiger partial charge is 0.252 e. The van der Waals surface area contributed by atoms with Gasteiger partial charge in [-0.05, 0) is 59.0 Å². The van der Waals surface area contributed by atoms with Crippen LogP contribution in [0.4, 0.5) is 4.39 Å². The number of halogens is 3. The number of hydrogen-bond donors (Lipinski definition) is 1. The summed E-state index contributed by atoms with van der Waals surface area (Å²) in [5, 5.41) is 3.83. The Labute approximate surface area is 122 Å². The molecule has 1 aromatic rings. The number of hydrogen-bond acceptors (Lipinski definition) is 1. The number of carbonyl (C=O) groups is 1. The van der Waals surface area contributed by atoms with E-state index >= 15 is 0 Å². The first-order valence-corrected chi connectivity index (χ1v) is 7.56. The van der Waals surface area contributed by atoms with Crippen LogP contribution in [0.25, 0.3) is 0 Å². The maximum atomic E-state index is 12.9. The van der Waals surface area contributed by atoms with Gasteiger partial charge in [0, 0.05) is 15.4 Å². The lowest BCUT2D eigenvalue weighted by molar-refractivity contribution is 0.0945. The van der Waals surface area contributed by atoms with Crippen LogP contribution in [-0.2, 0) is 0 Å². The summed E-state index contributed by atoms with van der Waals surface area (Å²) < 4.78 is 13.6. The minimum Gasteiger partial charge on any atom is -0.351 e. The third-order valence-electron chi connectivity index (χ3n) is 3.04. The average Bonchev–Trinajstić information content (AvgIpc) is 3.07. The molecule has 1 amide bonds. The highest BCUT2D eigenvalue weighted by Crippen LogP contribution is 2.46. The SMILES string of the molecule is O=C(NCC1(CBr)CC1)c1ccc(F)cc1I. The van der Waals surface area contributed by atoms with Crippen LogP contribution in [0, 0.1) is 14.8 Å². The van der Waals surface area contributed by atoms with Crippen LogP contribution in [-0.4, -0.2) is 17.8 Å². The van der Waals surface area contributed by atoms with Crippen LogP contribution in [0.15, 0.2) is 18.2 Å². The largest absolute Gasteiger partial charge is 0.351 e. The van der Waals surface area contributed by atoms with Crippen molar-refractivity contribution in [1.29, 1.82) is 0 Å². The normalized spacial score (nSPS) is 16.6. The van der Waals surface area contributed by atoms with E-state index in [1.807, 2.05) is 22.6 Å². The van der Waals surface area contributed by atoms with Crippen molar-refractivity contribution in [3.8, 4) is 0 Å². The van der Waals surface area contributed by atoms with Crippen molar-refractivity contribution >= 4 is 44.4 Å². The fourth-order valence-electron chi connectivity index (χ4n) is 1.57. The van der Waals surface area contributed by atoms with Crippen LogP contribution in [0.5, 0.6) is 0 Å². The Morgan fingerprint density at radius 3 is 2.76 bits per heavy atom.